The number of benzene rings is 2. The van der Waals surface area contributed by atoms with E-state index in [0.717, 1.165) is 17.7 Å². The second-order valence-corrected chi connectivity index (χ2v) is 6.31. The predicted molar refractivity (Wildman–Crippen MR) is 100 cm³/mol. The van der Waals surface area contributed by atoms with E-state index in [1.165, 1.54) is 6.07 Å². The van der Waals surface area contributed by atoms with Crippen LogP contribution >= 0.6 is 11.6 Å². The van der Waals surface area contributed by atoms with Crippen molar-refractivity contribution in [2.24, 2.45) is 0 Å². The Bertz CT molecular complexity index is 799. The fourth-order valence-corrected chi connectivity index (χ4v) is 2.63. The summed E-state index contributed by atoms with van der Waals surface area (Å²) in [5.74, 6) is 0.468. The van der Waals surface area contributed by atoms with Gasteiger partial charge in [-0.05, 0) is 49.1 Å². The zero-order valence-corrected chi connectivity index (χ0v) is 15.3. The number of ether oxygens (including phenoxy) is 1. The minimum Gasteiger partial charge on any atom is -0.479 e. The van der Waals surface area contributed by atoms with E-state index < -0.39 is 6.10 Å². The molecule has 2 rings (SSSR count). The summed E-state index contributed by atoms with van der Waals surface area (Å²) in [5, 5.41) is 12.1. The molecule has 2 atom stereocenters. The number of nitrogens with one attached hydrogen (secondary N) is 1. The van der Waals surface area contributed by atoms with Crippen LogP contribution in [0.3, 0.4) is 0 Å². The average Bonchev–Trinajstić information content (AvgIpc) is 2.63. The number of nitrogens with zero attached hydrogens (tertiary/aromatic N) is 1. The molecular weight excluding hydrogens is 336 g/mol. The molecule has 1 N–H and O–H groups in total. The molecule has 0 aliphatic carbocycles. The Balaban J connectivity index is 2.10. The average molecular weight is 357 g/mol. The van der Waals surface area contributed by atoms with E-state index in [0.29, 0.717) is 22.3 Å². The van der Waals surface area contributed by atoms with Crippen molar-refractivity contribution in [2.75, 3.05) is 5.32 Å². The lowest BCUT2D eigenvalue weighted by Gasteiger charge is -2.19. The van der Waals surface area contributed by atoms with Crippen LogP contribution in [-0.2, 0) is 4.79 Å². The number of hydrogen-bond acceptors (Lipinski definition) is 3. The van der Waals surface area contributed by atoms with Gasteiger partial charge in [-0.3, -0.25) is 4.79 Å². The first-order chi connectivity index (χ1) is 12.0. The number of rotatable bonds is 6. The molecule has 0 saturated carbocycles. The third-order valence-electron chi connectivity index (χ3n) is 4.10. The van der Waals surface area contributed by atoms with Crippen LogP contribution in [0, 0.1) is 11.3 Å². The minimum absolute atomic E-state index is 0.254. The van der Waals surface area contributed by atoms with Crippen LogP contribution in [0.2, 0.25) is 5.02 Å². The summed E-state index contributed by atoms with van der Waals surface area (Å²) in [4.78, 5) is 12.5. The summed E-state index contributed by atoms with van der Waals surface area (Å²) in [6.45, 7) is 5.90. The number of hydrogen-bond donors (Lipinski definition) is 1. The molecule has 4 nitrogen and oxygen atoms in total. The first kappa shape index (κ1) is 18.8. The Morgan fingerprint density at radius 2 is 2.00 bits per heavy atom. The summed E-state index contributed by atoms with van der Waals surface area (Å²) in [7, 11) is 0. The molecule has 0 saturated heterocycles. The third kappa shape index (κ3) is 4.74. The molecule has 0 fully saturated rings. The summed E-state index contributed by atoms with van der Waals surface area (Å²) < 4.78 is 5.65. The number of carbonyl (C=O) groups is 1. The number of carbonyl (C=O) groups excluding carboxylic acids is 1. The van der Waals surface area contributed by atoms with Crippen LogP contribution in [0.1, 0.15) is 44.2 Å². The van der Waals surface area contributed by atoms with E-state index in [4.69, 9.17) is 21.6 Å². The first-order valence-corrected chi connectivity index (χ1v) is 8.60. The lowest BCUT2D eigenvalue weighted by molar-refractivity contribution is -0.122. The number of para-hydroxylation sites is 1. The summed E-state index contributed by atoms with van der Waals surface area (Å²) in [6, 6.07) is 14.5. The molecule has 0 spiro atoms. The molecule has 0 aromatic heterocycles. The molecule has 5 heteroatoms. The molecule has 0 aliphatic rings. The van der Waals surface area contributed by atoms with E-state index in [-0.39, 0.29) is 5.91 Å². The van der Waals surface area contributed by atoms with E-state index in [1.54, 1.807) is 19.1 Å². The maximum absolute atomic E-state index is 12.5. The van der Waals surface area contributed by atoms with Crippen LogP contribution in [0.15, 0.2) is 42.5 Å². The lowest BCUT2D eigenvalue weighted by Crippen LogP contribution is -2.30. The summed E-state index contributed by atoms with van der Waals surface area (Å²) >= 11 is 6.09. The fourth-order valence-electron chi connectivity index (χ4n) is 2.40. The Hall–Kier alpha value is -2.51. The molecule has 25 heavy (non-hydrogen) atoms. The Kier molecular flexibility index (Phi) is 6.44. The van der Waals surface area contributed by atoms with Gasteiger partial charge in [0.25, 0.3) is 5.91 Å². The van der Waals surface area contributed by atoms with E-state index in [2.05, 4.69) is 19.2 Å². The van der Waals surface area contributed by atoms with Crippen molar-refractivity contribution in [2.45, 2.75) is 39.2 Å². The van der Waals surface area contributed by atoms with Crippen molar-refractivity contribution < 1.29 is 9.53 Å². The second kappa shape index (κ2) is 8.55. The van der Waals surface area contributed by atoms with Gasteiger partial charge in [-0.15, -0.1) is 0 Å². The molecule has 0 heterocycles. The highest BCUT2D eigenvalue weighted by atomic mass is 35.5. The van der Waals surface area contributed by atoms with Crippen LogP contribution in [-0.4, -0.2) is 12.0 Å². The SMILES string of the molecule is CC[C@@H](C)c1ccccc1NC(=O)[C@H](C)Oc1ccc(C#N)cc1Cl. The standard InChI is InChI=1S/C20H21ClN2O2/c1-4-13(2)16-7-5-6-8-18(16)23-20(24)14(3)25-19-10-9-15(12-22)11-17(19)21/h5-11,13-14H,4H2,1-3H3,(H,23,24)/t13-,14+/m1/s1. The van der Waals surface area contributed by atoms with Crippen molar-refractivity contribution in [3.8, 4) is 11.8 Å². The van der Waals surface area contributed by atoms with Gasteiger partial charge < -0.3 is 10.1 Å². The molecule has 2 aromatic carbocycles. The Morgan fingerprint density at radius 3 is 2.64 bits per heavy atom. The van der Waals surface area contributed by atoms with Crippen molar-refractivity contribution in [3.63, 3.8) is 0 Å². The van der Waals surface area contributed by atoms with Gasteiger partial charge >= 0.3 is 0 Å². The lowest BCUT2D eigenvalue weighted by atomic mass is 9.97. The molecule has 0 aliphatic heterocycles. The summed E-state index contributed by atoms with van der Waals surface area (Å²) in [6.07, 6.45) is 0.259. The number of halogens is 1. The highest BCUT2D eigenvalue weighted by Crippen LogP contribution is 2.28. The maximum atomic E-state index is 12.5. The molecule has 130 valence electrons. The molecule has 0 bridgehead atoms. The molecule has 2 aromatic rings. The number of anilines is 1. The second-order valence-electron chi connectivity index (χ2n) is 5.90. The monoisotopic (exact) mass is 356 g/mol. The van der Waals surface area contributed by atoms with Crippen molar-refractivity contribution in [1.82, 2.24) is 0 Å². The zero-order valence-electron chi connectivity index (χ0n) is 14.5. The Labute approximate surface area is 153 Å². The van der Waals surface area contributed by atoms with Gasteiger partial charge in [-0.25, -0.2) is 0 Å². The van der Waals surface area contributed by atoms with E-state index in [1.807, 2.05) is 30.3 Å². The van der Waals surface area contributed by atoms with Gasteiger partial charge in [0, 0.05) is 5.69 Å². The van der Waals surface area contributed by atoms with Crippen LogP contribution in [0.25, 0.3) is 0 Å². The van der Waals surface area contributed by atoms with Crippen molar-refractivity contribution in [1.29, 1.82) is 5.26 Å². The number of nitriles is 1. The van der Waals surface area contributed by atoms with Crippen molar-refractivity contribution >= 4 is 23.2 Å². The zero-order chi connectivity index (χ0) is 18.4. The van der Waals surface area contributed by atoms with Crippen LogP contribution in [0.5, 0.6) is 5.75 Å². The highest BCUT2D eigenvalue weighted by Gasteiger charge is 2.18. The molecule has 0 unspecified atom stereocenters. The largest absolute Gasteiger partial charge is 0.479 e. The van der Waals surface area contributed by atoms with Gasteiger partial charge in [-0.2, -0.15) is 5.26 Å². The number of amides is 1. The highest BCUT2D eigenvalue weighted by molar-refractivity contribution is 6.32. The van der Waals surface area contributed by atoms with Gasteiger partial charge in [0.1, 0.15) is 5.75 Å². The maximum Gasteiger partial charge on any atom is 0.265 e. The van der Waals surface area contributed by atoms with Gasteiger partial charge in [-0.1, -0.05) is 43.6 Å². The third-order valence-corrected chi connectivity index (χ3v) is 4.39. The summed E-state index contributed by atoms with van der Waals surface area (Å²) in [5.41, 5.74) is 2.34. The van der Waals surface area contributed by atoms with Crippen LogP contribution in [0.4, 0.5) is 5.69 Å². The Morgan fingerprint density at radius 1 is 1.28 bits per heavy atom. The van der Waals surface area contributed by atoms with Gasteiger partial charge in [0.05, 0.1) is 16.7 Å². The predicted octanol–water partition coefficient (Wildman–Crippen LogP) is 5.13. The normalized spacial score (nSPS) is 12.8. The quantitative estimate of drug-likeness (QED) is 0.780. The van der Waals surface area contributed by atoms with Crippen LogP contribution < -0.4 is 10.1 Å². The van der Waals surface area contributed by atoms with E-state index >= 15 is 0 Å². The van der Waals surface area contributed by atoms with Crippen molar-refractivity contribution in [3.05, 3.63) is 58.6 Å². The minimum atomic E-state index is -0.726. The molecule has 1 amide bonds. The smallest absolute Gasteiger partial charge is 0.265 e. The van der Waals surface area contributed by atoms with E-state index in [9.17, 15) is 4.79 Å². The molecule has 0 radical (unpaired) electrons. The van der Waals surface area contributed by atoms with Gasteiger partial charge in [0.2, 0.25) is 0 Å². The molecular formula is C20H21ClN2O2. The van der Waals surface area contributed by atoms with Gasteiger partial charge in [0.15, 0.2) is 6.10 Å². The fraction of sp³-hybridized carbons (Fsp3) is 0.300. The first-order valence-electron chi connectivity index (χ1n) is 8.22. The topological polar surface area (TPSA) is 62.1 Å².